The van der Waals surface area contributed by atoms with Crippen molar-refractivity contribution in [2.24, 2.45) is 0 Å². The lowest BCUT2D eigenvalue weighted by Gasteiger charge is -2.00. The highest BCUT2D eigenvalue weighted by Crippen LogP contribution is 2.30. The number of anilines is 2. The van der Waals surface area contributed by atoms with Crippen molar-refractivity contribution in [2.45, 2.75) is 0 Å². The monoisotopic (exact) mass is 308 g/mol. The summed E-state index contributed by atoms with van der Waals surface area (Å²) in [7, 11) is 0. The zero-order chi connectivity index (χ0) is 15.9. The van der Waals surface area contributed by atoms with Gasteiger partial charge in [0.05, 0.1) is 4.92 Å². The van der Waals surface area contributed by atoms with Crippen LogP contribution in [0.15, 0.2) is 0 Å². The minimum atomic E-state index is -1.00. The van der Waals surface area contributed by atoms with Crippen LogP contribution in [0.25, 0.3) is 17.2 Å². The zero-order valence-corrected chi connectivity index (χ0v) is 10.2. The van der Waals surface area contributed by atoms with E-state index in [2.05, 4.69) is 35.9 Å². The van der Waals surface area contributed by atoms with Crippen LogP contribution in [-0.2, 0) is 0 Å². The number of fused-ring (bicyclic) bond motifs is 1. The Morgan fingerprint density at radius 3 is 2.59 bits per heavy atom. The molecule has 0 radical (unpaired) electrons. The average Bonchev–Trinajstić information content (AvgIpc) is 3.05. The van der Waals surface area contributed by atoms with Crippen LogP contribution in [-0.4, -0.2) is 50.4 Å². The Morgan fingerprint density at radius 1 is 1.23 bits per heavy atom. The molecule has 0 aromatic carbocycles. The molecule has 4 N–H and O–H groups in total. The van der Waals surface area contributed by atoms with Crippen LogP contribution < -0.4 is 11.2 Å². The number of nitro groups is 2. The standard InChI is InChI=1S/C6H4N12O4/c7-3-1(4-9-14-15-10-4)8-11-6-2(17(19)20)5(12-16(3)6)13-18(21)22/h7H2,(H,12,13)(H,9,10,14,15). The van der Waals surface area contributed by atoms with E-state index in [0.29, 0.717) is 0 Å². The number of hydrogen-bond donors (Lipinski definition) is 3. The van der Waals surface area contributed by atoms with E-state index in [-0.39, 0.29) is 23.0 Å². The van der Waals surface area contributed by atoms with Crippen molar-refractivity contribution in [2.75, 3.05) is 11.2 Å². The van der Waals surface area contributed by atoms with Gasteiger partial charge in [0, 0.05) is 0 Å². The molecule has 0 spiro atoms. The topological polar surface area (TPSA) is 222 Å². The first-order chi connectivity index (χ1) is 10.5. The van der Waals surface area contributed by atoms with E-state index in [0.717, 1.165) is 4.52 Å². The number of hydrazine groups is 1. The first-order valence-electron chi connectivity index (χ1n) is 5.33. The Morgan fingerprint density at radius 2 is 2.00 bits per heavy atom. The van der Waals surface area contributed by atoms with Crippen LogP contribution in [0.1, 0.15) is 0 Å². The molecule has 0 aliphatic carbocycles. The Kier molecular flexibility index (Phi) is 2.69. The molecule has 3 aromatic heterocycles. The number of hydrogen-bond acceptors (Lipinski definition) is 11. The number of nitrogens with one attached hydrogen (secondary N) is 2. The number of aromatic nitrogens is 8. The molecule has 0 saturated heterocycles. The molecular weight excluding hydrogens is 304 g/mol. The van der Waals surface area contributed by atoms with Gasteiger partial charge in [-0.2, -0.15) is 9.73 Å². The van der Waals surface area contributed by atoms with Crippen molar-refractivity contribution in [1.82, 2.24) is 40.4 Å². The fourth-order valence-electron chi connectivity index (χ4n) is 1.66. The molecule has 16 nitrogen and oxygen atoms in total. The van der Waals surface area contributed by atoms with E-state index >= 15 is 0 Å². The van der Waals surface area contributed by atoms with Crippen LogP contribution in [0.3, 0.4) is 0 Å². The summed E-state index contributed by atoms with van der Waals surface area (Å²) in [6.07, 6.45) is 0. The Bertz CT molecular complexity index is 883. The van der Waals surface area contributed by atoms with Gasteiger partial charge in [-0.1, -0.05) is 5.43 Å². The van der Waals surface area contributed by atoms with E-state index in [1.807, 2.05) is 0 Å². The number of tetrazole rings is 1. The molecule has 3 aromatic rings. The van der Waals surface area contributed by atoms with Gasteiger partial charge in [-0.05, 0) is 5.21 Å². The number of aromatic amines is 1. The zero-order valence-electron chi connectivity index (χ0n) is 10.2. The molecule has 0 amide bonds. The number of nitrogen functional groups attached to an aromatic ring is 1. The average molecular weight is 308 g/mol. The molecule has 3 rings (SSSR count). The van der Waals surface area contributed by atoms with Gasteiger partial charge in [-0.25, -0.2) is 10.1 Å². The SMILES string of the molecule is Nc1c(-c2nn[nH]n2)nnc2c([N+](=O)[O-])c(N[N+](=O)[O-])nn12. The second kappa shape index (κ2) is 4.54. The van der Waals surface area contributed by atoms with Gasteiger partial charge < -0.3 is 5.73 Å². The van der Waals surface area contributed by atoms with Crippen LogP contribution in [0.4, 0.5) is 17.3 Å². The third-order valence-electron chi connectivity index (χ3n) is 2.49. The normalized spacial score (nSPS) is 10.7. The van der Waals surface area contributed by atoms with Gasteiger partial charge in [-0.15, -0.1) is 25.5 Å². The summed E-state index contributed by atoms with van der Waals surface area (Å²) in [5.41, 5.74) is 6.21. The predicted octanol–water partition coefficient (Wildman–Crippen LogP) is -1.60. The summed E-state index contributed by atoms with van der Waals surface area (Å²) in [5, 5.41) is 44.2. The Hall–Kier alpha value is -3.98. The Labute approximate surface area is 117 Å². The van der Waals surface area contributed by atoms with Crippen LogP contribution >= 0.6 is 0 Å². The van der Waals surface area contributed by atoms with Crippen LogP contribution in [0, 0.1) is 20.2 Å². The van der Waals surface area contributed by atoms with Crippen molar-refractivity contribution < 1.29 is 9.96 Å². The van der Waals surface area contributed by atoms with Crippen molar-refractivity contribution in [3.63, 3.8) is 0 Å². The van der Waals surface area contributed by atoms with Crippen molar-refractivity contribution in [3.05, 3.63) is 20.2 Å². The number of H-pyrrole nitrogens is 1. The largest absolute Gasteiger partial charge is 0.382 e. The molecule has 0 atom stereocenters. The second-order valence-electron chi connectivity index (χ2n) is 3.73. The third-order valence-corrected chi connectivity index (χ3v) is 2.49. The molecule has 0 unspecified atom stereocenters. The maximum absolute atomic E-state index is 11.0. The lowest BCUT2D eigenvalue weighted by Crippen LogP contribution is -2.10. The van der Waals surface area contributed by atoms with Gasteiger partial charge in [0.2, 0.25) is 5.82 Å². The van der Waals surface area contributed by atoms with E-state index in [9.17, 15) is 20.2 Å². The first kappa shape index (κ1) is 13.0. The molecule has 0 saturated carbocycles. The first-order valence-corrected chi connectivity index (χ1v) is 5.33. The van der Waals surface area contributed by atoms with E-state index in [1.54, 1.807) is 5.43 Å². The summed E-state index contributed by atoms with van der Waals surface area (Å²) >= 11 is 0. The quantitative estimate of drug-likeness (QED) is 0.366. The molecule has 0 bridgehead atoms. The lowest BCUT2D eigenvalue weighted by atomic mass is 10.4. The lowest BCUT2D eigenvalue weighted by molar-refractivity contribution is -0.447. The molecule has 22 heavy (non-hydrogen) atoms. The molecule has 16 heteroatoms. The highest BCUT2D eigenvalue weighted by Gasteiger charge is 2.30. The highest BCUT2D eigenvalue weighted by molar-refractivity contribution is 5.76. The molecule has 0 fully saturated rings. The minimum Gasteiger partial charge on any atom is -0.382 e. The van der Waals surface area contributed by atoms with Gasteiger partial charge in [0.1, 0.15) is 0 Å². The van der Waals surface area contributed by atoms with E-state index in [4.69, 9.17) is 5.73 Å². The molecule has 0 aliphatic heterocycles. The van der Waals surface area contributed by atoms with Crippen LogP contribution in [0.2, 0.25) is 0 Å². The number of nitrogens with zero attached hydrogens (tertiary/aromatic N) is 9. The molecule has 0 aliphatic rings. The predicted molar refractivity (Wildman–Crippen MR) is 65.6 cm³/mol. The van der Waals surface area contributed by atoms with Crippen molar-refractivity contribution in [1.29, 1.82) is 0 Å². The van der Waals surface area contributed by atoms with Gasteiger partial charge in [0.25, 0.3) is 11.5 Å². The maximum Gasteiger partial charge on any atom is 0.365 e. The third kappa shape index (κ3) is 1.87. The molecular formula is C6H4N12O4. The molecule has 112 valence electrons. The summed E-state index contributed by atoms with van der Waals surface area (Å²) in [5.74, 6) is -0.860. The summed E-state index contributed by atoms with van der Waals surface area (Å²) in [4.78, 5) is 20.6. The Balaban J connectivity index is 2.27. The van der Waals surface area contributed by atoms with Gasteiger partial charge in [-0.3, -0.25) is 10.1 Å². The van der Waals surface area contributed by atoms with Crippen LogP contribution in [0.5, 0.6) is 0 Å². The van der Waals surface area contributed by atoms with Crippen molar-refractivity contribution >= 4 is 23.0 Å². The fraction of sp³-hybridized carbons (Fsp3) is 0. The molecule has 3 heterocycles. The van der Waals surface area contributed by atoms with Gasteiger partial charge >= 0.3 is 5.69 Å². The summed E-state index contributed by atoms with van der Waals surface area (Å²) in [6, 6.07) is 0. The fourth-order valence-corrected chi connectivity index (χ4v) is 1.66. The number of nitrogens with two attached hydrogens (primary N) is 1. The number of rotatable bonds is 4. The van der Waals surface area contributed by atoms with E-state index < -0.39 is 21.5 Å². The second-order valence-corrected chi connectivity index (χ2v) is 3.73. The van der Waals surface area contributed by atoms with E-state index in [1.165, 1.54) is 0 Å². The summed E-state index contributed by atoms with van der Waals surface area (Å²) in [6.45, 7) is 0. The van der Waals surface area contributed by atoms with Crippen molar-refractivity contribution in [3.8, 4) is 11.5 Å². The minimum absolute atomic E-state index is 0.0196. The summed E-state index contributed by atoms with van der Waals surface area (Å²) < 4.78 is 0.822. The van der Waals surface area contributed by atoms with Gasteiger partial charge in [0.15, 0.2) is 16.5 Å². The smallest absolute Gasteiger partial charge is 0.365 e. The highest BCUT2D eigenvalue weighted by atomic mass is 16.7. The maximum atomic E-state index is 11.0.